The van der Waals surface area contributed by atoms with E-state index < -0.39 is 12.0 Å². The number of aryl methyl sites for hydroxylation is 1. The molecule has 1 aromatic heterocycles. The van der Waals surface area contributed by atoms with Crippen LogP contribution in [0, 0.1) is 12.8 Å². The quantitative estimate of drug-likeness (QED) is 0.924. The van der Waals surface area contributed by atoms with Gasteiger partial charge < -0.3 is 14.7 Å². The van der Waals surface area contributed by atoms with Crippen LogP contribution in [0.15, 0.2) is 12.1 Å². The van der Waals surface area contributed by atoms with Crippen molar-refractivity contribution in [3.63, 3.8) is 0 Å². The Bertz CT molecular complexity index is 631. The molecule has 1 N–H and O–H groups in total. The van der Waals surface area contributed by atoms with E-state index in [1.165, 1.54) is 7.11 Å². The zero-order valence-electron chi connectivity index (χ0n) is 13.5. The maximum atomic E-state index is 13.1. The van der Waals surface area contributed by atoms with Crippen LogP contribution >= 0.6 is 0 Å². The summed E-state index contributed by atoms with van der Waals surface area (Å²) >= 11 is 0. The number of fused-ring (bicyclic) bond motifs is 1. The molecule has 3 rings (SSSR count). The molecule has 1 saturated heterocycles. The molecule has 23 heavy (non-hydrogen) atoms. The molecule has 3 unspecified atom stereocenters. The zero-order valence-corrected chi connectivity index (χ0v) is 13.5. The molecule has 124 valence electrons. The number of carboxylic acids is 1. The van der Waals surface area contributed by atoms with Gasteiger partial charge in [-0.05, 0) is 44.2 Å². The summed E-state index contributed by atoms with van der Waals surface area (Å²) in [5, 5.41) is 9.56. The summed E-state index contributed by atoms with van der Waals surface area (Å²) in [6.45, 7) is 1.82. The fourth-order valence-corrected chi connectivity index (χ4v) is 3.96. The highest BCUT2D eigenvalue weighted by Gasteiger charge is 2.48. The van der Waals surface area contributed by atoms with Crippen molar-refractivity contribution in [1.29, 1.82) is 0 Å². The lowest BCUT2D eigenvalue weighted by molar-refractivity contribution is -0.141. The molecule has 0 aromatic carbocycles. The molecule has 2 heterocycles. The van der Waals surface area contributed by atoms with Gasteiger partial charge in [-0.25, -0.2) is 9.78 Å². The van der Waals surface area contributed by atoms with Crippen LogP contribution in [0.3, 0.4) is 0 Å². The monoisotopic (exact) mass is 318 g/mol. The summed E-state index contributed by atoms with van der Waals surface area (Å²) in [7, 11) is 1.47. The molecule has 1 aliphatic carbocycles. The van der Waals surface area contributed by atoms with E-state index in [0.717, 1.165) is 31.4 Å². The Balaban J connectivity index is 1.97. The summed E-state index contributed by atoms with van der Waals surface area (Å²) < 4.78 is 5.23. The van der Waals surface area contributed by atoms with Crippen molar-refractivity contribution >= 4 is 11.9 Å². The average Bonchev–Trinajstić information content (AvgIpc) is 2.93. The third-order valence-electron chi connectivity index (χ3n) is 5.03. The second-order valence-corrected chi connectivity index (χ2v) is 6.42. The highest BCUT2D eigenvalue weighted by molar-refractivity contribution is 5.99. The number of pyridine rings is 1. The Morgan fingerprint density at radius 1 is 1.30 bits per heavy atom. The van der Waals surface area contributed by atoms with Gasteiger partial charge in [0.25, 0.3) is 5.91 Å². The number of ether oxygens (including phenoxy) is 1. The molecule has 2 fully saturated rings. The first-order chi connectivity index (χ1) is 11.0. The molecule has 6 heteroatoms. The Morgan fingerprint density at radius 2 is 2.04 bits per heavy atom. The molecule has 0 spiro atoms. The van der Waals surface area contributed by atoms with Gasteiger partial charge in [0.2, 0.25) is 5.88 Å². The van der Waals surface area contributed by atoms with E-state index in [1.807, 2.05) is 6.92 Å². The minimum absolute atomic E-state index is 0.0170. The summed E-state index contributed by atoms with van der Waals surface area (Å²) in [6, 6.07) is 2.70. The first-order valence-corrected chi connectivity index (χ1v) is 8.10. The fraction of sp³-hybridized carbons (Fsp3) is 0.588. The number of carbonyl (C=O) groups is 2. The predicted molar refractivity (Wildman–Crippen MR) is 83.5 cm³/mol. The van der Waals surface area contributed by atoms with Gasteiger partial charge in [0.05, 0.1) is 7.11 Å². The molecule has 1 aromatic rings. The third-order valence-corrected chi connectivity index (χ3v) is 5.03. The molecule has 0 radical (unpaired) electrons. The first-order valence-electron chi connectivity index (χ1n) is 8.10. The van der Waals surface area contributed by atoms with Crippen LogP contribution in [0.25, 0.3) is 0 Å². The van der Waals surface area contributed by atoms with Crippen molar-refractivity contribution in [1.82, 2.24) is 9.88 Å². The van der Waals surface area contributed by atoms with Crippen molar-refractivity contribution in [2.24, 2.45) is 5.92 Å². The Labute approximate surface area is 135 Å². The van der Waals surface area contributed by atoms with Crippen LogP contribution in [0.2, 0.25) is 0 Å². The number of methoxy groups -OCH3 is 1. The third kappa shape index (κ3) is 2.78. The van der Waals surface area contributed by atoms with E-state index in [-0.39, 0.29) is 17.8 Å². The second kappa shape index (κ2) is 6.18. The molecule has 2 aliphatic rings. The average molecular weight is 318 g/mol. The lowest BCUT2D eigenvalue weighted by Gasteiger charge is -2.33. The summed E-state index contributed by atoms with van der Waals surface area (Å²) in [4.78, 5) is 30.5. The number of aliphatic carboxylic acids is 1. The number of rotatable bonds is 3. The van der Waals surface area contributed by atoms with Crippen molar-refractivity contribution < 1.29 is 19.4 Å². The van der Waals surface area contributed by atoms with E-state index in [4.69, 9.17) is 4.74 Å². The lowest BCUT2D eigenvalue weighted by Crippen LogP contribution is -2.46. The van der Waals surface area contributed by atoms with Gasteiger partial charge in [-0.3, -0.25) is 4.79 Å². The molecular formula is C17H22N2O4. The standard InChI is InChI=1S/C17H22N2O4/c1-10-7-8-12(15(18-10)23-2)16(20)19-13-6-4-3-5-11(13)9-14(19)17(21)22/h7-8,11,13-14H,3-6,9H2,1-2H3,(H,21,22). The Kier molecular flexibility index (Phi) is 4.24. The predicted octanol–water partition coefficient (Wildman–Crippen LogP) is 2.26. The van der Waals surface area contributed by atoms with Crippen LogP contribution in [-0.4, -0.2) is 46.1 Å². The number of nitrogens with zero attached hydrogens (tertiary/aromatic N) is 2. The zero-order chi connectivity index (χ0) is 16.6. The van der Waals surface area contributed by atoms with E-state index in [0.29, 0.717) is 17.9 Å². The SMILES string of the molecule is COc1nc(C)ccc1C(=O)N1C(C(=O)O)CC2CCCCC21. The summed E-state index contributed by atoms with van der Waals surface area (Å²) in [6.07, 6.45) is 4.59. The van der Waals surface area contributed by atoms with Crippen molar-refractivity contribution in [3.05, 3.63) is 23.4 Å². The number of amides is 1. The number of carboxylic acid groups (broad SMARTS) is 1. The molecule has 1 amide bonds. The van der Waals surface area contributed by atoms with Gasteiger partial charge in [0, 0.05) is 11.7 Å². The molecule has 6 nitrogen and oxygen atoms in total. The smallest absolute Gasteiger partial charge is 0.326 e. The maximum Gasteiger partial charge on any atom is 0.326 e. The van der Waals surface area contributed by atoms with Crippen molar-refractivity contribution in [2.45, 2.75) is 51.1 Å². The van der Waals surface area contributed by atoms with Crippen LogP contribution in [0.4, 0.5) is 0 Å². The molecule has 0 bridgehead atoms. The van der Waals surface area contributed by atoms with Crippen molar-refractivity contribution in [3.8, 4) is 5.88 Å². The minimum atomic E-state index is -0.924. The summed E-state index contributed by atoms with van der Waals surface area (Å²) in [5.41, 5.74) is 1.10. The van der Waals surface area contributed by atoms with Gasteiger partial charge in [0.15, 0.2) is 0 Å². The molecule has 3 atom stereocenters. The van der Waals surface area contributed by atoms with E-state index in [1.54, 1.807) is 17.0 Å². The van der Waals surface area contributed by atoms with Crippen molar-refractivity contribution in [2.75, 3.05) is 7.11 Å². The number of carbonyl (C=O) groups excluding carboxylic acids is 1. The van der Waals surface area contributed by atoms with Crippen LogP contribution in [0.1, 0.15) is 48.2 Å². The molecule has 1 aliphatic heterocycles. The van der Waals surface area contributed by atoms with Crippen LogP contribution in [-0.2, 0) is 4.79 Å². The minimum Gasteiger partial charge on any atom is -0.480 e. The lowest BCUT2D eigenvalue weighted by atomic mass is 9.84. The highest BCUT2D eigenvalue weighted by Crippen LogP contribution is 2.41. The first kappa shape index (κ1) is 15.8. The second-order valence-electron chi connectivity index (χ2n) is 6.42. The fourth-order valence-electron chi connectivity index (χ4n) is 3.96. The maximum absolute atomic E-state index is 13.1. The Morgan fingerprint density at radius 3 is 2.74 bits per heavy atom. The number of hydrogen-bond donors (Lipinski definition) is 1. The van der Waals surface area contributed by atoms with E-state index in [2.05, 4.69) is 4.98 Å². The van der Waals surface area contributed by atoms with Gasteiger partial charge in [0.1, 0.15) is 11.6 Å². The van der Waals surface area contributed by atoms with Gasteiger partial charge in [-0.15, -0.1) is 0 Å². The Hall–Kier alpha value is -2.11. The number of likely N-dealkylation sites (tertiary alicyclic amines) is 1. The normalized spacial score (nSPS) is 26.7. The van der Waals surface area contributed by atoms with Gasteiger partial charge in [-0.1, -0.05) is 12.8 Å². The largest absolute Gasteiger partial charge is 0.480 e. The summed E-state index contributed by atoms with van der Waals surface area (Å²) in [5.74, 6) is -0.653. The van der Waals surface area contributed by atoms with Gasteiger partial charge >= 0.3 is 5.97 Å². The number of aromatic nitrogens is 1. The van der Waals surface area contributed by atoms with E-state index >= 15 is 0 Å². The van der Waals surface area contributed by atoms with Crippen LogP contribution in [0.5, 0.6) is 5.88 Å². The van der Waals surface area contributed by atoms with Crippen LogP contribution < -0.4 is 4.74 Å². The topological polar surface area (TPSA) is 79.7 Å². The van der Waals surface area contributed by atoms with Gasteiger partial charge in [-0.2, -0.15) is 0 Å². The molecule has 1 saturated carbocycles. The highest BCUT2D eigenvalue weighted by atomic mass is 16.5. The van der Waals surface area contributed by atoms with E-state index in [9.17, 15) is 14.7 Å². The number of hydrogen-bond acceptors (Lipinski definition) is 4. The molecular weight excluding hydrogens is 296 g/mol.